The average molecular weight is 189 g/mol. The highest BCUT2D eigenvalue weighted by atomic mass is 16.1. The molecule has 72 valence electrons. The number of H-pyrrole nitrogens is 1. The number of rotatable bonds is 2. The van der Waals surface area contributed by atoms with Gasteiger partial charge in [0.1, 0.15) is 0 Å². The minimum Gasteiger partial charge on any atom is -0.335 e. The van der Waals surface area contributed by atoms with Crippen LogP contribution in [0.5, 0.6) is 0 Å². The van der Waals surface area contributed by atoms with Gasteiger partial charge < -0.3 is 10.8 Å². The number of hydrogen-bond acceptors (Lipinski definition) is 2. The van der Waals surface area contributed by atoms with E-state index in [-0.39, 0.29) is 5.69 Å². The lowest BCUT2D eigenvalue weighted by atomic mass is 10.1. The summed E-state index contributed by atoms with van der Waals surface area (Å²) >= 11 is 0. The van der Waals surface area contributed by atoms with Gasteiger partial charge in [0, 0.05) is 12.1 Å². The van der Waals surface area contributed by atoms with Gasteiger partial charge in [-0.2, -0.15) is 0 Å². The topological polar surface area (TPSA) is 63.8 Å². The van der Waals surface area contributed by atoms with Gasteiger partial charge in [0.25, 0.3) is 0 Å². The lowest BCUT2D eigenvalue weighted by molar-refractivity contribution is 0.936. The molecule has 1 aromatic carbocycles. The molecule has 0 saturated heterocycles. The minimum atomic E-state index is -0.282. The Morgan fingerprint density at radius 2 is 2.00 bits per heavy atom. The maximum atomic E-state index is 11.0. The number of hydrogen-bond donors (Lipinski definition) is 2. The van der Waals surface area contributed by atoms with Crippen LogP contribution in [0.4, 0.5) is 0 Å². The highest BCUT2D eigenvalue weighted by molar-refractivity contribution is 5.20. The molecule has 4 nitrogen and oxygen atoms in total. The summed E-state index contributed by atoms with van der Waals surface area (Å²) in [6.07, 6.45) is 2.30. The van der Waals surface area contributed by atoms with Crippen molar-refractivity contribution in [1.82, 2.24) is 9.66 Å². The number of imidazole rings is 1. The highest BCUT2D eigenvalue weighted by Crippen LogP contribution is 2.04. The summed E-state index contributed by atoms with van der Waals surface area (Å²) in [6, 6.07) is 9.90. The quantitative estimate of drug-likeness (QED) is 0.675. The van der Waals surface area contributed by atoms with Gasteiger partial charge in [0.05, 0.1) is 6.20 Å². The van der Waals surface area contributed by atoms with Crippen molar-refractivity contribution in [3.05, 3.63) is 58.3 Å². The third-order valence-electron chi connectivity index (χ3n) is 2.03. The fourth-order valence-electron chi connectivity index (χ4n) is 1.37. The van der Waals surface area contributed by atoms with Gasteiger partial charge in [-0.3, -0.25) is 0 Å². The maximum Gasteiger partial charge on any atom is 0.344 e. The first-order chi connectivity index (χ1) is 6.75. The Kier molecular flexibility index (Phi) is 2.10. The molecule has 0 radical (unpaired) electrons. The van der Waals surface area contributed by atoms with Crippen molar-refractivity contribution in [2.24, 2.45) is 0 Å². The van der Waals surface area contributed by atoms with E-state index in [0.29, 0.717) is 6.42 Å². The van der Waals surface area contributed by atoms with Gasteiger partial charge in [0.2, 0.25) is 0 Å². The molecule has 0 amide bonds. The van der Waals surface area contributed by atoms with E-state index in [1.807, 2.05) is 30.3 Å². The molecule has 3 N–H and O–H groups in total. The van der Waals surface area contributed by atoms with Crippen LogP contribution in [0.3, 0.4) is 0 Å². The second kappa shape index (κ2) is 3.41. The molecular weight excluding hydrogens is 178 g/mol. The Hall–Kier alpha value is -1.97. The van der Waals surface area contributed by atoms with Gasteiger partial charge in [-0.15, -0.1) is 0 Å². The van der Waals surface area contributed by atoms with E-state index < -0.39 is 0 Å². The predicted octanol–water partition coefficient (Wildman–Crippen LogP) is 0.481. The Bertz CT molecular complexity index is 470. The highest BCUT2D eigenvalue weighted by Gasteiger charge is 2.00. The zero-order chi connectivity index (χ0) is 9.97. The van der Waals surface area contributed by atoms with E-state index in [2.05, 4.69) is 4.98 Å². The number of nitrogens with zero attached hydrogens (tertiary/aromatic N) is 1. The zero-order valence-electron chi connectivity index (χ0n) is 7.60. The Labute approximate surface area is 81.0 Å². The second-order valence-electron chi connectivity index (χ2n) is 3.15. The standard InChI is InChI=1S/C10H11N3O/c11-13-7-9(12-10(13)14)6-8-4-2-1-3-5-8/h1-5,7H,6,11H2,(H,12,14). The van der Waals surface area contributed by atoms with Crippen LogP contribution in [0.1, 0.15) is 11.3 Å². The number of nitrogens with one attached hydrogen (secondary N) is 1. The molecule has 0 spiro atoms. The minimum absolute atomic E-state index is 0.282. The normalized spacial score (nSPS) is 10.3. The van der Waals surface area contributed by atoms with Crippen molar-refractivity contribution in [2.45, 2.75) is 6.42 Å². The van der Waals surface area contributed by atoms with Crippen molar-refractivity contribution in [3.8, 4) is 0 Å². The molecule has 14 heavy (non-hydrogen) atoms. The van der Waals surface area contributed by atoms with E-state index in [9.17, 15) is 4.79 Å². The van der Waals surface area contributed by atoms with Gasteiger partial charge in [-0.1, -0.05) is 30.3 Å². The van der Waals surface area contributed by atoms with E-state index in [0.717, 1.165) is 15.9 Å². The predicted molar refractivity (Wildman–Crippen MR) is 54.5 cm³/mol. The molecule has 0 bridgehead atoms. The smallest absolute Gasteiger partial charge is 0.335 e. The Morgan fingerprint density at radius 3 is 2.57 bits per heavy atom. The average Bonchev–Trinajstić information content (AvgIpc) is 2.47. The van der Waals surface area contributed by atoms with Crippen LogP contribution in [-0.4, -0.2) is 9.66 Å². The summed E-state index contributed by atoms with van der Waals surface area (Å²) in [7, 11) is 0. The van der Waals surface area contributed by atoms with Crippen LogP contribution in [-0.2, 0) is 6.42 Å². The fraction of sp³-hybridized carbons (Fsp3) is 0.100. The Morgan fingerprint density at radius 1 is 1.29 bits per heavy atom. The molecule has 2 rings (SSSR count). The van der Waals surface area contributed by atoms with Crippen molar-refractivity contribution in [2.75, 3.05) is 5.84 Å². The summed E-state index contributed by atoms with van der Waals surface area (Å²) in [4.78, 5) is 13.7. The molecule has 0 fully saturated rings. The van der Waals surface area contributed by atoms with Crippen LogP contribution in [0.15, 0.2) is 41.3 Å². The van der Waals surface area contributed by atoms with Crippen LogP contribution >= 0.6 is 0 Å². The van der Waals surface area contributed by atoms with Crippen molar-refractivity contribution in [1.29, 1.82) is 0 Å². The van der Waals surface area contributed by atoms with E-state index in [4.69, 9.17) is 5.84 Å². The number of nitrogen functional groups attached to an aromatic ring is 1. The molecular formula is C10H11N3O. The lowest BCUT2D eigenvalue weighted by Gasteiger charge is -1.96. The molecule has 0 aliphatic heterocycles. The van der Waals surface area contributed by atoms with E-state index >= 15 is 0 Å². The summed E-state index contributed by atoms with van der Waals surface area (Å²) in [5.74, 6) is 5.37. The van der Waals surface area contributed by atoms with Gasteiger partial charge in [0.15, 0.2) is 0 Å². The third-order valence-corrected chi connectivity index (χ3v) is 2.03. The molecule has 0 saturated carbocycles. The fourth-order valence-corrected chi connectivity index (χ4v) is 1.37. The van der Waals surface area contributed by atoms with Crippen molar-refractivity contribution in [3.63, 3.8) is 0 Å². The number of aromatic amines is 1. The summed E-state index contributed by atoms with van der Waals surface area (Å²) in [5, 5.41) is 0. The largest absolute Gasteiger partial charge is 0.344 e. The Balaban J connectivity index is 2.23. The molecule has 4 heteroatoms. The number of aromatic nitrogens is 2. The third kappa shape index (κ3) is 1.69. The first-order valence-electron chi connectivity index (χ1n) is 4.35. The van der Waals surface area contributed by atoms with Crippen molar-refractivity contribution >= 4 is 0 Å². The van der Waals surface area contributed by atoms with Gasteiger partial charge >= 0.3 is 5.69 Å². The van der Waals surface area contributed by atoms with Gasteiger partial charge in [-0.05, 0) is 5.56 Å². The molecule has 0 atom stereocenters. The molecule has 0 unspecified atom stereocenters. The van der Waals surface area contributed by atoms with Crippen molar-refractivity contribution < 1.29 is 0 Å². The molecule has 1 heterocycles. The first kappa shape index (κ1) is 8.62. The molecule has 1 aromatic heterocycles. The zero-order valence-corrected chi connectivity index (χ0v) is 7.60. The monoisotopic (exact) mass is 189 g/mol. The summed E-state index contributed by atoms with van der Waals surface area (Å²) < 4.78 is 1.05. The number of nitrogens with two attached hydrogens (primary N) is 1. The first-order valence-corrected chi connectivity index (χ1v) is 4.35. The van der Waals surface area contributed by atoms with Crippen LogP contribution in [0, 0.1) is 0 Å². The van der Waals surface area contributed by atoms with E-state index in [1.54, 1.807) is 6.20 Å². The van der Waals surface area contributed by atoms with Gasteiger partial charge in [-0.25, -0.2) is 9.47 Å². The summed E-state index contributed by atoms with van der Waals surface area (Å²) in [6.45, 7) is 0. The van der Waals surface area contributed by atoms with Crippen LogP contribution in [0.2, 0.25) is 0 Å². The second-order valence-corrected chi connectivity index (χ2v) is 3.15. The lowest BCUT2D eigenvalue weighted by Crippen LogP contribution is -2.23. The molecule has 0 aliphatic carbocycles. The summed E-state index contributed by atoms with van der Waals surface area (Å²) in [5.41, 5.74) is 1.69. The SMILES string of the molecule is Nn1cc(Cc2ccccc2)[nH]c1=O. The van der Waals surface area contributed by atoms with E-state index in [1.165, 1.54) is 0 Å². The molecule has 2 aromatic rings. The molecule has 0 aliphatic rings. The number of benzene rings is 1. The van der Waals surface area contributed by atoms with Crippen LogP contribution in [0.25, 0.3) is 0 Å². The maximum absolute atomic E-state index is 11.0. The van der Waals surface area contributed by atoms with Crippen LogP contribution < -0.4 is 11.5 Å².